The smallest absolute Gasteiger partial charge is 0.408 e. The minimum atomic E-state index is -0.869. The summed E-state index contributed by atoms with van der Waals surface area (Å²) < 4.78 is 5.17. The maximum absolute atomic E-state index is 12.6. The topological polar surface area (TPSA) is 111 Å². The summed E-state index contributed by atoms with van der Waals surface area (Å²) in [6, 6.07) is 7.52. The highest BCUT2D eigenvalue weighted by Gasteiger charge is 2.26. The molecule has 0 aliphatic rings. The van der Waals surface area contributed by atoms with E-state index in [1.54, 1.807) is 6.92 Å². The second-order valence-corrected chi connectivity index (χ2v) is 7.01. The zero-order chi connectivity index (χ0) is 20.4. The molecule has 0 unspecified atom stereocenters. The van der Waals surface area contributed by atoms with Crippen LogP contribution in [0.2, 0.25) is 0 Å². The molecule has 0 aromatic heterocycles. The van der Waals surface area contributed by atoms with Crippen LogP contribution < -0.4 is 16.4 Å². The van der Waals surface area contributed by atoms with Crippen LogP contribution in [0.15, 0.2) is 42.5 Å². The van der Waals surface area contributed by atoms with Gasteiger partial charge in [-0.1, -0.05) is 49.8 Å². The molecule has 0 saturated carbocycles. The van der Waals surface area contributed by atoms with E-state index in [4.69, 9.17) is 10.5 Å². The third-order valence-electron chi connectivity index (χ3n) is 3.74. The number of rotatable bonds is 10. The number of nitrogens with one attached hydrogen (secondary N) is 2. The summed E-state index contributed by atoms with van der Waals surface area (Å²) in [5.74, 6) is -0.991. The molecule has 148 valence electrons. The molecular weight excluding hydrogens is 346 g/mol. The highest BCUT2D eigenvalue weighted by molar-refractivity contribution is 5.90. The first kappa shape index (κ1) is 22.2. The summed E-state index contributed by atoms with van der Waals surface area (Å²) in [6.07, 6.45) is -0.0613. The lowest BCUT2D eigenvalue weighted by molar-refractivity contribution is -0.128. The van der Waals surface area contributed by atoms with Crippen molar-refractivity contribution in [1.82, 2.24) is 10.6 Å². The number of benzene rings is 1. The molecule has 27 heavy (non-hydrogen) atoms. The maximum atomic E-state index is 12.6. The molecule has 1 aromatic carbocycles. The number of amides is 3. The fraction of sp³-hybridized carbons (Fsp3) is 0.450. The highest BCUT2D eigenvalue weighted by atomic mass is 16.5. The van der Waals surface area contributed by atoms with Gasteiger partial charge in [-0.25, -0.2) is 4.79 Å². The van der Waals surface area contributed by atoms with E-state index in [0.29, 0.717) is 6.42 Å². The molecule has 0 heterocycles. The molecule has 7 heteroatoms. The predicted molar refractivity (Wildman–Crippen MR) is 104 cm³/mol. The van der Waals surface area contributed by atoms with Crippen molar-refractivity contribution in [3.8, 4) is 0 Å². The molecule has 0 fully saturated rings. The zero-order valence-corrected chi connectivity index (χ0v) is 16.2. The van der Waals surface area contributed by atoms with Gasteiger partial charge in [0.15, 0.2) is 0 Å². The van der Waals surface area contributed by atoms with E-state index in [-0.39, 0.29) is 18.9 Å². The van der Waals surface area contributed by atoms with Gasteiger partial charge < -0.3 is 21.1 Å². The number of primary amides is 1. The lowest BCUT2D eigenvalue weighted by atomic mass is 10.0. The van der Waals surface area contributed by atoms with Gasteiger partial charge in [-0.3, -0.25) is 9.59 Å². The van der Waals surface area contributed by atoms with E-state index in [9.17, 15) is 14.4 Å². The van der Waals surface area contributed by atoms with E-state index >= 15 is 0 Å². The second-order valence-electron chi connectivity index (χ2n) is 7.01. The minimum Gasteiger partial charge on any atom is -0.445 e. The van der Waals surface area contributed by atoms with Crippen LogP contribution in [0.4, 0.5) is 4.79 Å². The summed E-state index contributed by atoms with van der Waals surface area (Å²) >= 11 is 0. The van der Waals surface area contributed by atoms with Crippen LogP contribution in [0.3, 0.4) is 0 Å². The SMILES string of the molecule is C=C(C)C[C@@H](NC(=O)[C@H](CC(C)C)NC(=O)OCc1ccccc1)C(N)=O. The zero-order valence-electron chi connectivity index (χ0n) is 16.2. The first-order valence-corrected chi connectivity index (χ1v) is 8.90. The minimum absolute atomic E-state index is 0.0995. The van der Waals surface area contributed by atoms with Crippen LogP contribution in [0.1, 0.15) is 39.2 Å². The second kappa shape index (κ2) is 11.0. The number of carbonyl (C=O) groups excluding carboxylic acids is 3. The van der Waals surface area contributed by atoms with Crippen molar-refractivity contribution in [2.45, 2.75) is 52.3 Å². The van der Waals surface area contributed by atoms with Crippen molar-refractivity contribution >= 4 is 17.9 Å². The normalized spacial score (nSPS) is 12.7. The van der Waals surface area contributed by atoms with E-state index in [2.05, 4.69) is 17.2 Å². The molecule has 0 saturated heterocycles. The van der Waals surface area contributed by atoms with Crippen LogP contribution >= 0.6 is 0 Å². The van der Waals surface area contributed by atoms with Crippen LogP contribution in [-0.4, -0.2) is 30.0 Å². The van der Waals surface area contributed by atoms with Crippen molar-refractivity contribution < 1.29 is 19.1 Å². The third kappa shape index (κ3) is 8.89. The first-order valence-electron chi connectivity index (χ1n) is 8.90. The van der Waals surface area contributed by atoms with Crippen molar-refractivity contribution in [1.29, 1.82) is 0 Å². The monoisotopic (exact) mass is 375 g/mol. The number of hydrogen-bond acceptors (Lipinski definition) is 4. The Bertz CT molecular complexity index is 658. The largest absolute Gasteiger partial charge is 0.445 e. The maximum Gasteiger partial charge on any atom is 0.408 e. The summed E-state index contributed by atoms with van der Waals surface area (Å²) in [4.78, 5) is 36.2. The van der Waals surface area contributed by atoms with E-state index < -0.39 is 30.0 Å². The molecule has 0 radical (unpaired) electrons. The highest BCUT2D eigenvalue weighted by Crippen LogP contribution is 2.08. The standard InChI is InChI=1S/C20H29N3O4/c1-13(2)10-16(18(21)24)22-19(25)17(11-14(3)4)23-20(26)27-12-15-8-6-5-7-9-15/h5-9,14,16-17H,1,10-12H2,2-4H3,(H2,21,24)(H,22,25)(H,23,26)/t16-,17+/m1/s1. The van der Waals surface area contributed by atoms with Gasteiger partial charge in [-0.05, 0) is 31.2 Å². The molecular formula is C20H29N3O4. The Morgan fingerprint density at radius 3 is 2.26 bits per heavy atom. The van der Waals surface area contributed by atoms with Gasteiger partial charge >= 0.3 is 6.09 Å². The molecule has 2 atom stereocenters. The fourth-order valence-electron chi connectivity index (χ4n) is 2.45. The van der Waals surface area contributed by atoms with Crippen molar-refractivity contribution in [2.75, 3.05) is 0 Å². The molecule has 1 aromatic rings. The van der Waals surface area contributed by atoms with Crippen LogP contribution in [0.5, 0.6) is 0 Å². The summed E-state index contributed by atoms with van der Waals surface area (Å²) in [7, 11) is 0. The van der Waals surface area contributed by atoms with Crippen molar-refractivity contribution in [2.24, 2.45) is 11.7 Å². The van der Waals surface area contributed by atoms with Crippen LogP contribution in [0, 0.1) is 5.92 Å². The molecule has 3 amide bonds. The van der Waals surface area contributed by atoms with Gasteiger partial charge in [0, 0.05) is 0 Å². The number of ether oxygens (including phenoxy) is 1. The Labute approximate surface area is 160 Å². The number of carbonyl (C=O) groups is 3. The number of hydrogen-bond donors (Lipinski definition) is 3. The number of alkyl carbamates (subject to hydrolysis) is 1. The molecule has 0 aliphatic heterocycles. The van der Waals surface area contributed by atoms with Crippen LogP contribution in [-0.2, 0) is 20.9 Å². The van der Waals surface area contributed by atoms with E-state index in [0.717, 1.165) is 11.1 Å². The van der Waals surface area contributed by atoms with Gasteiger partial charge in [0.1, 0.15) is 18.7 Å². The molecule has 0 bridgehead atoms. The first-order chi connectivity index (χ1) is 12.7. The van der Waals surface area contributed by atoms with E-state index in [1.807, 2.05) is 44.2 Å². The fourth-order valence-corrected chi connectivity index (χ4v) is 2.45. The Kier molecular flexibility index (Phi) is 9.05. The molecule has 0 spiro atoms. The average Bonchev–Trinajstić information content (AvgIpc) is 2.58. The summed E-state index contributed by atoms with van der Waals surface area (Å²) in [5.41, 5.74) is 6.90. The molecule has 0 aliphatic carbocycles. The predicted octanol–water partition coefficient (Wildman–Crippen LogP) is 2.26. The average molecular weight is 375 g/mol. The molecule has 1 rings (SSSR count). The van der Waals surface area contributed by atoms with Gasteiger partial charge in [0.25, 0.3) is 0 Å². The lowest BCUT2D eigenvalue weighted by Gasteiger charge is -2.23. The Morgan fingerprint density at radius 2 is 1.74 bits per heavy atom. The summed E-state index contributed by atoms with van der Waals surface area (Å²) in [5, 5.41) is 5.16. The summed E-state index contributed by atoms with van der Waals surface area (Å²) in [6.45, 7) is 9.43. The van der Waals surface area contributed by atoms with Gasteiger partial charge in [-0.15, -0.1) is 6.58 Å². The number of nitrogens with two attached hydrogens (primary N) is 1. The molecule has 7 nitrogen and oxygen atoms in total. The Morgan fingerprint density at radius 1 is 1.11 bits per heavy atom. The van der Waals surface area contributed by atoms with E-state index in [1.165, 1.54) is 0 Å². The van der Waals surface area contributed by atoms with Gasteiger partial charge in [-0.2, -0.15) is 0 Å². The van der Waals surface area contributed by atoms with Crippen LogP contribution in [0.25, 0.3) is 0 Å². The third-order valence-corrected chi connectivity index (χ3v) is 3.74. The Balaban J connectivity index is 2.69. The van der Waals surface area contributed by atoms with Gasteiger partial charge in [0.2, 0.25) is 11.8 Å². The lowest BCUT2D eigenvalue weighted by Crippen LogP contribution is -2.53. The van der Waals surface area contributed by atoms with Crippen molar-refractivity contribution in [3.05, 3.63) is 48.0 Å². The quantitative estimate of drug-likeness (QED) is 0.545. The van der Waals surface area contributed by atoms with Gasteiger partial charge in [0.05, 0.1) is 0 Å². The van der Waals surface area contributed by atoms with Crippen molar-refractivity contribution in [3.63, 3.8) is 0 Å². The Hall–Kier alpha value is -2.83. The molecule has 4 N–H and O–H groups in total.